The first kappa shape index (κ1) is 15.1. The molecule has 2 unspecified atom stereocenters. The summed E-state index contributed by atoms with van der Waals surface area (Å²) in [7, 11) is 0. The van der Waals surface area contributed by atoms with E-state index >= 15 is 0 Å². The Morgan fingerprint density at radius 3 is 2.65 bits per heavy atom. The second-order valence-corrected chi connectivity index (χ2v) is 6.12. The van der Waals surface area contributed by atoms with Crippen LogP contribution in [0.5, 0.6) is 0 Å². The van der Waals surface area contributed by atoms with Gasteiger partial charge in [-0.05, 0) is 30.2 Å². The molecular weight excluding hydrogens is 276 g/mol. The van der Waals surface area contributed by atoms with Crippen molar-refractivity contribution in [2.24, 2.45) is 11.7 Å². The summed E-state index contributed by atoms with van der Waals surface area (Å²) in [5.74, 6) is 0.0162. The van der Waals surface area contributed by atoms with E-state index in [1.54, 1.807) is 12.1 Å². The summed E-state index contributed by atoms with van der Waals surface area (Å²) >= 11 is 5.88. The largest absolute Gasteiger partial charge is 0.378 e. The molecule has 2 rings (SSSR count). The van der Waals surface area contributed by atoms with Crippen LogP contribution in [0, 0.1) is 5.92 Å². The van der Waals surface area contributed by atoms with Crippen LogP contribution in [0.2, 0.25) is 5.02 Å². The van der Waals surface area contributed by atoms with Gasteiger partial charge in [0.2, 0.25) is 5.91 Å². The Hall–Kier alpha value is -1.26. The van der Waals surface area contributed by atoms with Gasteiger partial charge in [0.15, 0.2) is 0 Å². The van der Waals surface area contributed by atoms with Crippen molar-refractivity contribution in [1.82, 2.24) is 0 Å². The lowest BCUT2D eigenvalue weighted by Gasteiger charge is -2.41. The highest BCUT2D eigenvalue weighted by Crippen LogP contribution is 2.32. The molecule has 2 atom stereocenters. The molecule has 110 valence electrons. The SMILES string of the molecule is CC(C)C1CC(Nc2ccc(Cl)cc2)(C(N)=O)CCO1. The number of nitrogens with two attached hydrogens (primary N) is 1. The molecule has 0 aliphatic carbocycles. The van der Waals surface area contributed by atoms with E-state index < -0.39 is 5.54 Å². The maximum absolute atomic E-state index is 12.0. The summed E-state index contributed by atoms with van der Waals surface area (Å²) in [6.07, 6.45) is 1.20. The molecule has 1 fully saturated rings. The molecule has 1 aromatic rings. The van der Waals surface area contributed by atoms with Gasteiger partial charge in [-0.1, -0.05) is 25.4 Å². The van der Waals surface area contributed by atoms with E-state index in [9.17, 15) is 4.79 Å². The molecule has 0 saturated carbocycles. The van der Waals surface area contributed by atoms with Crippen LogP contribution in [0.25, 0.3) is 0 Å². The molecule has 5 heteroatoms. The van der Waals surface area contributed by atoms with E-state index in [1.165, 1.54) is 0 Å². The van der Waals surface area contributed by atoms with Gasteiger partial charge in [-0.3, -0.25) is 4.79 Å². The third kappa shape index (κ3) is 3.25. The number of hydrogen-bond donors (Lipinski definition) is 2. The third-order valence-electron chi connectivity index (χ3n) is 3.85. The van der Waals surface area contributed by atoms with Gasteiger partial charge in [-0.2, -0.15) is 0 Å². The first-order chi connectivity index (χ1) is 9.43. The van der Waals surface area contributed by atoms with Crippen molar-refractivity contribution in [2.45, 2.75) is 38.3 Å². The highest BCUT2D eigenvalue weighted by Gasteiger charge is 2.42. The first-order valence-corrected chi connectivity index (χ1v) is 7.26. The molecule has 1 heterocycles. The number of primary amides is 1. The maximum atomic E-state index is 12.0. The van der Waals surface area contributed by atoms with Crippen LogP contribution in [-0.2, 0) is 9.53 Å². The fraction of sp³-hybridized carbons (Fsp3) is 0.533. The summed E-state index contributed by atoms with van der Waals surface area (Å²) < 4.78 is 5.73. The molecule has 20 heavy (non-hydrogen) atoms. The van der Waals surface area contributed by atoms with Gasteiger partial charge in [0, 0.05) is 30.2 Å². The minimum Gasteiger partial charge on any atom is -0.378 e. The number of carbonyl (C=O) groups is 1. The van der Waals surface area contributed by atoms with Crippen molar-refractivity contribution >= 4 is 23.2 Å². The summed E-state index contributed by atoms with van der Waals surface area (Å²) in [4.78, 5) is 12.0. The van der Waals surface area contributed by atoms with Crippen LogP contribution in [0.15, 0.2) is 24.3 Å². The van der Waals surface area contributed by atoms with Crippen molar-refractivity contribution < 1.29 is 9.53 Å². The molecule has 1 saturated heterocycles. The van der Waals surface area contributed by atoms with Crippen LogP contribution >= 0.6 is 11.6 Å². The Morgan fingerprint density at radius 1 is 1.45 bits per heavy atom. The summed E-state index contributed by atoms with van der Waals surface area (Å²) in [5.41, 5.74) is 5.76. The van der Waals surface area contributed by atoms with Crippen LogP contribution in [0.1, 0.15) is 26.7 Å². The summed E-state index contributed by atoms with van der Waals surface area (Å²) in [5, 5.41) is 3.96. The number of halogens is 1. The van der Waals surface area contributed by atoms with Gasteiger partial charge in [0.1, 0.15) is 5.54 Å². The van der Waals surface area contributed by atoms with Gasteiger partial charge < -0.3 is 15.8 Å². The first-order valence-electron chi connectivity index (χ1n) is 6.88. The Kier molecular flexibility index (Phi) is 4.55. The zero-order valence-corrected chi connectivity index (χ0v) is 12.6. The topological polar surface area (TPSA) is 64.3 Å². The number of ether oxygens (including phenoxy) is 1. The molecule has 0 aromatic heterocycles. The highest BCUT2D eigenvalue weighted by molar-refractivity contribution is 6.30. The van der Waals surface area contributed by atoms with E-state index in [0.717, 1.165) is 5.69 Å². The lowest BCUT2D eigenvalue weighted by atomic mass is 9.82. The van der Waals surface area contributed by atoms with Gasteiger partial charge in [0.05, 0.1) is 6.10 Å². The Morgan fingerprint density at radius 2 is 2.10 bits per heavy atom. The zero-order chi connectivity index (χ0) is 14.8. The van der Waals surface area contributed by atoms with Crippen molar-refractivity contribution in [2.75, 3.05) is 11.9 Å². The van der Waals surface area contributed by atoms with E-state index in [-0.39, 0.29) is 12.0 Å². The Balaban J connectivity index is 2.21. The van der Waals surface area contributed by atoms with E-state index in [4.69, 9.17) is 22.1 Å². The summed E-state index contributed by atoms with van der Waals surface area (Å²) in [6, 6.07) is 7.29. The van der Waals surface area contributed by atoms with Crippen molar-refractivity contribution in [3.8, 4) is 0 Å². The van der Waals surface area contributed by atoms with Crippen molar-refractivity contribution in [3.63, 3.8) is 0 Å². The van der Waals surface area contributed by atoms with Gasteiger partial charge in [0.25, 0.3) is 0 Å². The fourth-order valence-corrected chi connectivity index (χ4v) is 2.65. The Labute approximate surface area is 124 Å². The number of nitrogens with one attached hydrogen (secondary N) is 1. The average molecular weight is 297 g/mol. The molecular formula is C15H21ClN2O2. The van der Waals surface area contributed by atoms with Crippen LogP contribution in [0.3, 0.4) is 0 Å². The van der Waals surface area contributed by atoms with Gasteiger partial charge >= 0.3 is 0 Å². The number of carbonyl (C=O) groups excluding carboxylic acids is 1. The molecule has 1 aliphatic rings. The predicted molar refractivity (Wildman–Crippen MR) is 80.8 cm³/mol. The lowest BCUT2D eigenvalue weighted by molar-refractivity contribution is -0.128. The highest BCUT2D eigenvalue weighted by atomic mass is 35.5. The smallest absolute Gasteiger partial charge is 0.243 e. The molecule has 0 spiro atoms. The number of hydrogen-bond acceptors (Lipinski definition) is 3. The third-order valence-corrected chi connectivity index (χ3v) is 4.11. The van der Waals surface area contributed by atoms with Gasteiger partial charge in [-0.15, -0.1) is 0 Å². The van der Waals surface area contributed by atoms with E-state index in [1.807, 2.05) is 12.1 Å². The number of anilines is 1. The standard InChI is InChI=1S/C15H21ClN2O2/c1-10(2)13-9-15(14(17)19,7-8-20-13)18-12-5-3-11(16)4-6-12/h3-6,10,13,18H,7-9H2,1-2H3,(H2,17,19). The second kappa shape index (κ2) is 6.02. The van der Waals surface area contributed by atoms with Gasteiger partial charge in [-0.25, -0.2) is 0 Å². The summed E-state index contributed by atoms with van der Waals surface area (Å²) in [6.45, 7) is 4.71. The maximum Gasteiger partial charge on any atom is 0.243 e. The number of benzene rings is 1. The molecule has 1 aromatic carbocycles. The molecule has 4 nitrogen and oxygen atoms in total. The zero-order valence-electron chi connectivity index (χ0n) is 11.9. The van der Waals surface area contributed by atoms with Crippen LogP contribution < -0.4 is 11.1 Å². The lowest BCUT2D eigenvalue weighted by Crippen LogP contribution is -2.56. The van der Waals surface area contributed by atoms with Crippen molar-refractivity contribution in [1.29, 1.82) is 0 Å². The van der Waals surface area contributed by atoms with E-state index in [2.05, 4.69) is 19.2 Å². The van der Waals surface area contributed by atoms with E-state index in [0.29, 0.717) is 30.4 Å². The number of amides is 1. The second-order valence-electron chi connectivity index (χ2n) is 5.69. The minimum absolute atomic E-state index is 0.0380. The predicted octanol–water partition coefficient (Wildman–Crippen LogP) is 2.81. The molecule has 0 radical (unpaired) electrons. The van der Waals surface area contributed by atoms with Crippen LogP contribution in [0.4, 0.5) is 5.69 Å². The molecule has 0 bridgehead atoms. The molecule has 1 amide bonds. The Bertz CT molecular complexity index is 475. The minimum atomic E-state index is -0.749. The van der Waals surface area contributed by atoms with Crippen LogP contribution in [-0.4, -0.2) is 24.2 Å². The molecule has 3 N–H and O–H groups in total. The normalized spacial score (nSPS) is 26.5. The monoisotopic (exact) mass is 296 g/mol. The quantitative estimate of drug-likeness (QED) is 0.898. The average Bonchev–Trinajstić information content (AvgIpc) is 2.41. The number of rotatable bonds is 4. The van der Waals surface area contributed by atoms with Crippen molar-refractivity contribution in [3.05, 3.63) is 29.3 Å². The fourth-order valence-electron chi connectivity index (χ4n) is 2.53. The molecule has 1 aliphatic heterocycles.